The van der Waals surface area contributed by atoms with E-state index in [1.807, 2.05) is 36.4 Å². The zero-order chi connectivity index (χ0) is 23.5. The van der Waals surface area contributed by atoms with Gasteiger partial charge in [0.2, 0.25) is 0 Å². The standard InChI is InChI=1S/C25H24N2O5S/c1-5-32-24(29)21-15(2)26-25-27(22(21)16-9-7-6-8-10-16)23(28)20(33-25)13-17-11-12-18(30-3)14-19(17)31-4/h6-14,22H,5H2,1-4H3/b20-13-/t22-/m0/s1. The quantitative estimate of drug-likeness (QED) is 0.524. The lowest BCUT2D eigenvalue weighted by atomic mass is 9.96. The smallest absolute Gasteiger partial charge is 0.338 e. The molecule has 0 spiro atoms. The highest BCUT2D eigenvalue weighted by molar-refractivity contribution is 7.07. The van der Waals surface area contributed by atoms with Gasteiger partial charge in [-0.1, -0.05) is 41.7 Å². The Morgan fingerprint density at radius 2 is 1.91 bits per heavy atom. The van der Waals surface area contributed by atoms with E-state index in [9.17, 15) is 9.59 Å². The van der Waals surface area contributed by atoms with E-state index < -0.39 is 12.0 Å². The van der Waals surface area contributed by atoms with Crippen molar-refractivity contribution in [2.24, 2.45) is 4.99 Å². The van der Waals surface area contributed by atoms with Crippen molar-refractivity contribution in [1.29, 1.82) is 0 Å². The topological polar surface area (TPSA) is 79.1 Å². The van der Waals surface area contributed by atoms with Crippen LogP contribution >= 0.6 is 11.3 Å². The Morgan fingerprint density at radius 3 is 2.58 bits per heavy atom. The number of nitrogens with zero attached hydrogens (tertiary/aromatic N) is 2. The van der Waals surface area contributed by atoms with Crippen LogP contribution in [0.5, 0.6) is 11.5 Å². The minimum Gasteiger partial charge on any atom is -0.497 e. The molecule has 0 aliphatic carbocycles. The van der Waals surface area contributed by atoms with Gasteiger partial charge in [0.1, 0.15) is 11.5 Å². The monoisotopic (exact) mass is 464 g/mol. The van der Waals surface area contributed by atoms with Crippen molar-refractivity contribution < 1.29 is 19.0 Å². The molecule has 0 fully saturated rings. The van der Waals surface area contributed by atoms with Crippen LogP contribution in [0.3, 0.4) is 0 Å². The van der Waals surface area contributed by atoms with Crippen molar-refractivity contribution >= 4 is 23.4 Å². The zero-order valence-corrected chi connectivity index (χ0v) is 19.6. The summed E-state index contributed by atoms with van der Waals surface area (Å²) >= 11 is 1.27. The molecule has 33 heavy (non-hydrogen) atoms. The molecule has 0 bridgehead atoms. The first-order chi connectivity index (χ1) is 16.0. The number of aromatic nitrogens is 1. The van der Waals surface area contributed by atoms with Gasteiger partial charge in [-0.15, -0.1) is 0 Å². The number of carbonyl (C=O) groups is 1. The lowest BCUT2D eigenvalue weighted by Crippen LogP contribution is -2.39. The minimum atomic E-state index is -0.624. The van der Waals surface area contributed by atoms with Gasteiger partial charge in [0.25, 0.3) is 5.56 Å². The van der Waals surface area contributed by atoms with Gasteiger partial charge in [0.05, 0.1) is 42.7 Å². The number of ether oxygens (including phenoxy) is 3. The number of thiazole rings is 1. The summed E-state index contributed by atoms with van der Waals surface area (Å²) in [7, 11) is 3.15. The summed E-state index contributed by atoms with van der Waals surface area (Å²) < 4.78 is 18.1. The Bertz CT molecular complexity index is 1400. The van der Waals surface area contributed by atoms with Gasteiger partial charge >= 0.3 is 5.97 Å². The summed E-state index contributed by atoms with van der Waals surface area (Å²) in [4.78, 5) is 31.6. The summed E-state index contributed by atoms with van der Waals surface area (Å²) in [5, 5.41) is 0. The molecule has 0 N–H and O–H groups in total. The van der Waals surface area contributed by atoms with Crippen LogP contribution in [0, 0.1) is 0 Å². The molecule has 0 amide bonds. The van der Waals surface area contributed by atoms with Crippen LogP contribution in [-0.2, 0) is 9.53 Å². The van der Waals surface area contributed by atoms with Gasteiger partial charge in [0.15, 0.2) is 4.80 Å². The predicted octanol–water partition coefficient (Wildman–Crippen LogP) is 2.82. The Kier molecular flexibility index (Phi) is 6.46. The maximum atomic E-state index is 13.6. The first-order valence-corrected chi connectivity index (χ1v) is 11.3. The van der Waals surface area contributed by atoms with Gasteiger partial charge < -0.3 is 14.2 Å². The molecule has 1 aromatic heterocycles. The summed E-state index contributed by atoms with van der Waals surface area (Å²) in [5.41, 5.74) is 2.21. The highest BCUT2D eigenvalue weighted by atomic mass is 32.1. The number of allylic oxidation sites excluding steroid dienone is 1. The second-order valence-electron chi connectivity index (χ2n) is 7.32. The molecular formula is C25H24N2O5S. The van der Waals surface area contributed by atoms with Crippen molar-refractivity contribution in [2.45, 2.75) is 19.9 Å². The van der Waals surface area contributed by atoms with E-state index in [2.05, 4.69) is 4.99 Å². The molecule has 8 heteroatoms. The number of rotatable bonds is 6. The van der Waals surface area contributed by atoms with Crippen LogP contribution in [-0.4, -0.2) is 31.4 Å². The number of benzene rings is 2. The van der Waals surface area contributed by atoms with E-state index in [-0.39, 0.29) is 12.2 Å². The van der Waals surface area contributed by atoms with E-state index in [0.29, 0.717) is 32.1 Å². The molecule has 3 aromatic rings. The van der Waals surface area contributed by atoms with Crippen LogP contribution in [0.2, 0.25) is 0 Å². The number of esters is 1. The first-order valence-electron chi connectivity index (χ1n) is 10.4. The van der Waals surface area contributed by atoms with Crippen molar-refractivity contribution in [3.8, 4) is 11.5 Å². The molecule has 0 radical (unpaired) electrons. The third kappa shape index (κ3) is 4.21. The average molecular weight is 465 g/mol. The number of fused-ring (bicyclic) bond motifs is 1. The van der Waals surface area contributed by atoms with Gasteiger partial charge in [-0.3, -0.25) is 9.36 Å². The van der Waals surface area contributed by atoms with E-state index in [0.717, 1.165) is 11.1 Å². The third-order valence-corrected chi connectivity index (χ3v) is 6.34. The third-order valence-electron chi connectivity index (χ3n) is 5.36. The number of methoxy groups -OCH3 is 2. The molecule has 0 saturated carbocycles. The summed E-state index contributed by atoms with van der Waals surface area (Å²) in [6, 6.07) is 14.2. The van der Waals surface area contributed by atoms with Crippen molar-refractivity contribution in [3.63, 3.8) is 0 Å². The van der Waals surface area contributed by atoms with Crippen LogP contribution in [0.4, 0.5) is 0 Å². The van der Waals surface area contributed by atoms with E-state index in [1.54, 1.807) is 50.8 Å². The van der Waals surface area contributed by atoms with Crippen LogP contribution in [0.1, 0.15) is 31.0 Å². The van der Waals surface area contributed by atoms with Crippen LogP contribution in [0.25, 0.3) is 6.08 Å². The SMILES string of the molecule is CCOC(=O)C1=C(C)N=c2s/c(=C\c3ccc(OC)cc3OC)c(=O)n2[C@H]1c1ccccc1. The highest BCUT2D eigenvalue weighted by Crippen LogP contribution is 2.30. The average Bonchev–Trinajstić information content (AvgIpc) is 3.13. The lowest BCUT2D eigenvalue weighted by Gasteiger charge is -2.24. The molecule has 2 heterocycles. The molecule has 1 atom stereocenters. The normalized spacial score (nSPS) is 15.6. The Balaban J connectivity index is 1.94. The number of hydrogen-bond donors (Lipinski definition) is 0. The first kappa shape index (κ1) is 22.5. The summed E-state index contributed by atoms with van der Waals surface area (Å²) in [6.07, 6.45) is 1.77. The highest BCUT2D eigenvalue weighted by Gasteiger charge is 2.33. The maximum Gasteiger partial charge on any atom is 0.338 e. The molecule has 7 nitrogen and oxygen atoms in total. The fourth-order valence-corrected chi connectivity index (χ4v) is 4.86. The second kappa shape index (κ2) is 9.46. The molecule has 170 valence electrons. The van der Waals surface area contributed by atoms with Gasteiger partial charge in [0, 0.05) is 11.6 Å². The number of hydrogen-bond acceptors (Lipinski definition) is 7. The van der Waals surface area contributed by atoms with Crippen LogP contribution in [0.15, 0.2) is 69.6 Å². The molecule has 0 unspecified atom stereocenters. The predicted molar refractivity (Wildman–Crippen MR) is 126 cm³/mol. The molecule has 1 aliphatic rings. The Morgan fingerprint density at radius 1 is 1.15 bits per heavy atom. The van der Waals surface area contributed by atoms with E-state index in [4.69, 9.17) is 14.2 Å². The number of carbonyl (C=O) groups excluding carboxylic acids is 1. The fourth-order valence-electron chi connectivity index (χ4n) is 3.82. The minimum absolute atomic E-state index is 0.235. The van der Waals surface area contributed by atoms with Crippen molar-refractivity contribution in [2.75, 3.05) is 20.8 Å². The van der Waals surface area contributed by atoms with Gasteiger partial charge in [-0.05, 0) is 37.6 Å². The van der Waals surface area contributed by atoms with Gasteiger partial charge in [-0.2, -0.15) is 0 Å². The zero-order valence-electron chi connectivity index (χ0n) is 18.8. The van der Waals surface area contributed by atoms with Gasteiger partial charge in [-0.25, -0.2) is 9.79 Å². The maximum absolute atomic E-state index is 13.6. The molecule has 0 saturated heterocycles. The molecule has 2 aromatic carbocycles. The summed E-state index contributed by atoms with van der Waals surface area (Å²) in [5.74, 6) is 0.770. The Labute approximate surface area is 194 Å². The lowest BCUT2D eigenvalue weighted by molar-refractivity contribution is -0.139. The summed E-state index contributed by atoms with van der Waals surface area (Å²) in [6.45, 7) is 3.76. The van der Waals surface area contributed by atoms with E-state index in [1.165, 1.54) is 11.3 Å². The van der Waals surface area contributed by atoms with Crippen molar-refractivity contribution in [3.05, 3.63) is 90.6 Å². The largest absolute Gasteiger partial charge is 0.497 e. The van der Waals surface area contributed by atoms with Crippen molar-refractivity contribution in [1.82, 2.24) is 4.57 Å². The Hall–Kier alpha value is -3.65. The fraction of sp³-hybridized carbons (Fsp3) is 0.240. The molecule has 1 aliphatic heterocycles. The van der Waals surface area contributed by atoms with E-state index >= 15 is 0 Å². The van der Waals surface area contributed by atoms with Crippen LogP contribution < -0.4 is 24.4 Å². The molecular weight excluding hydrogens is 440 g/mol. The molecule has 4 rings (SSSR count). The second-order valence-corrected chi connectivity index (χ2v) is 8.33.